The summed E-state index contributed by atoms with van der Waals surface area (Å²) < 4.78 is 29.1. The zero-order chi connectivity index (χ0) is 26.1. The summed E-state index contributed by atoms with van der Waals surface area (Å²) in [5.41, 5.74) is 9.07. The van der Waals surface area contributed by atoms with Crippen molar-refractivity contribution in [3.05, 3.63) is 41.1 Å². The van der Waals surface area contributed by atoms with Crippen LogP contribution < -0.4 is 15.8 Å². The maximum atomic E-state index is 13.4. The molecule has 0 radical (unpaired) electrons. The second-order valence-corrected chi connectivity index (χ2v) is 12.2. The lowest BCUT2D eigenvalue weighted by atomic mass is 10.0. The van der Waals surface area contributed by atoms with Crippen LogP contribution >= 0.6 is 0 Å². The quantitative estimate of drug-likeness (QED) is 0.410. The number of nitrogens with zero attached hydrogens (tertiary/aromatic N) is 4. The van der Waals surface area contributed by atoms with Gasteiger partial charge in [0, 0.05) is 30.4 Å². The summed E-state index contributed by atoms with van der Waals surface area (Å²) in [5.74, 6) is -0.0455. The van der Waals surface area contributed by atoms with Gasteiger partial charge in [-0.1, -0.05) is 0 Å². The summed E-state index contributed by atoms with van der Waals surface area (Å²) in [6, 6.07) is 5.46. The van der Waals surface area contributed by atoms with Crippen LogP contribution in [0.2, 0.25) is 0 Å². The SMILES string of the molecule is CCS(=O)(=O)Nc1cc(-c2ccn3nc(N)c(C(=O)NC4CC4)c3n2)cc2c1C(=O)N(C(C)C1CC1)C2. The van der Waals surface area contributed by atoms with Crippen LogP contribution in [0.15, 0.2) is 24.4 Å². The highest BCUT2D eigenvalue weighted by Gasteiger charge is 2.40. The van der Waals surface area contributed by atoms with Crippen molar-refractivity contribution in [1.29, 1.82) is 0 Å². The molecule has 2 aliphatic carbocycles. The Morgan fingerprint density at radius 1 is 1.24 bits per heavy atom. The molecule has 11 nitrogen and oxygen atoms in total. The maximum Gasteiger partial charge on any atom is 0.259 e. The van der Waals surface area contributed by atoms with E-state index in [4.69, 9.17) is 10.7 Å². The number of rotatable bonds is 8. The molecule has 37 heavy (non-hydrogen) atoms. The number of benzene rings is 1. The third kappa shape index (κ3) is 4.28. The van der Waals surface area contributed by atoms with Crippen molar-refractivity contribution in [2.45, 2.75) is 58.2 Å². The van der Waals surface area contributed by atoms with Crippen molar-refractivity contribution < 1.29 is 18.0 Å². The normalized spacial score (nSPS) is 18.2. The van der Waals surface area contributed by atoms with E-state index in [1.54, 1.807) is 25.3 Å². The number of anilines is 2. The molecule has 1 aliphatic heterocycles. The molecule has 2 aromatic heterocycles. The summed E-state index contributed by atoms with van der Waals surface area (Å²) in [7, 11) is -3.64. The third-order valence-corrected chi connectivity index (χ3v) is 8.72. The zero-order valence-electron chi connectivity index (χ0n) is 20.7. The Bertz CT molecular complexity index is 1560. The molecule has 194 valence electrons. The Labute approximate surface area is 214 Å². The van der Waals surface area contributed by atoms with Crippen molar-refractivity contribution in [1.82, 2.24) is 24.8 Å². The van der Waals surface area contributed by atoms with Gasteiger partial charge in [-0.15, -0.1) is 5.10 Å². The molecule has 12 heteroatoms. The van der Waals surface area contributed by atoms with Crippen molar-refractivity contribution in [3.8, 4) is 11.3 Å². The number of carbonyl (C=O) groups is 2. The molecular formula is C25H29N7O4S. The van der Waals surface area contributed by atoms with Gasteiger partial charge >= 0.3 is 0 Å². The molecule has 0 spiro atoms. The topological polar surface area (TPSA) is 152 Å². The highest BCUT2D eigenvalue weighted by Crippen LogP contribution is 2.41. The van der Waals surface area contributed by atoms with Crippen molar-refractivity contribution >= 4 is 39.0 Å². The number of sulfonamides is 1. The van der Waals surface area contributed by atoms with Gasteiger partial charge in [-0.2, -0.15) is 0 Å². The van der Waals surface area contributed by atoms with Crippen LogP contribution in [0.25, 0.3) is 16.9 Å². The summed E-state index contributed by atoms with van der Waals surface area (Å²) in [5, 5.41) is 7.15. The summed E-state index contributed by atoms with van der Waals surface area (Å²) >= 11 is 0. The van der Waals surface area contributed by atoms with E-state index in [0.717, 1.165) is 31.2 Å². The molecule has 3 aromatic rings. The van der Waals surface area contributed by atoms with E-state index in [-0.39, 0.29) is 46.7 Å². The minimum absolute atomic E-state index is 0.0794. The van der Waals surface area contributed by atoms with Crippen molar-refractivity contribution in [3.63, 3.8) is 0 Å². The predicted molar refractivity (Wildman–Crippen MR) is 138 cm³/mol. The number of nitrogens with two attached hydrogens (primary N) is 1. The Balaban J connectivity index is 1.44. The number of hydrogen-bond donors (Lipinski definition) is 3. The van der Waals surface area contributed by atoms with Gasteiger partial charge in [0.05, 0.1) is 22.7 Å². The highest BCUT2D eigenvalue weighted by atomic mass is 32.2. The fourth-order valence-electron chi connectivity index (χ4n) is 4.92. The Kier molecular flexibility index (Phi) is 5.41. The zero-order valence-corrected chi connectivity index (χ0v) is 21.5. The van der Waals surface area contributed by atoms with E-state index >= 15 is 0 Å². The van der Waals surface area contributed by atoms with E-state index < -0.39 is 10.0 Å². The molecule has 1 atom stereocenters. The number of hydrogen-bond acceptors (Lipinski definition) is 7. The summed E-state index contributed by atoms with van der Waals surface area (Å²) in [6.07, 6.45) is 5.72. The fourth-order valence-corrected chi connectivity index (χ4v) is 5.56. The number of nitrogens with one attached hydrogen (secondary N) is 2. The van der Waals surface area contributed by atoms with E-state index in [1.165, 1.54) is 4.52 Å². The first-order valence-electron chi connectivity index (χ1n) is 12.6. The molecule has 1 aromatic carbocycles. The molecule has 0 saturated heterocycles. The van der Waals surface area contributed by atoms with E-state index in [1.807, 2.05) is 17.9 Å². The molecule has 2 saturated carbocycles. The van der Waals surface area contributed by atoms with Crippen LogP contribution in [0, 0.1) is 5.92 Å². The Morgan fingerprint density at radius 3 is 2.68 bits per heavy atom. The van der Waals surface area contributed by atoms with Crippen molar-refractivity contribution in [2.24, 2.45) is 5.92 Å². The Hall–Kier alpha value is -3.67. The largest absolute Gasteiger partial charge is 0.381 e. The average molecular weight is 524 g/mol. The van der Waals surface area contributed by atoms with E-state index in [2.05, 4.69) is 15.1 Å². The minimum atomic E-state index is -3.64. The smallest absolute Gasteiger partial charge is 0.259 e. The monoisotopic (exact) mass is 523 g/mol. The lowest BCUT2D eigenvalue weighted by Crippen LogP contribution is -2.35. The van der Waals surface area contributed by atoms with Crippen LogP contribution in [-0.2, 0) is 16.6 Å². The number of aromatic nitrogens is 3. The first-order valence-corrected chi connectivity index (χ1v) is 14.2. The lowest BCUT2D eigenvalue weighted by molar-refractivity contribution is 0.0698. The van der Waals surface area contributed by atoms with E-state index in [0.29, 0.717) is 34.9 Å². The summed E-state index contributed by atoms with van der Waals surface area (Å²) in [6.45, 7) is 3.99. The van der Waals surface area contributed by atoms with Gasteiger partial charge in [-0.05, 0) is 69.2 Å². The summed E-state index contributed by atoms with van der Waals surface area (Å²) in [4.78, 5) is 32.8. The lowest BCUT2D eigenvalue weighted by Gasteiger charge is -2.24. The van der Waals surface area contributed by atoms with Gasteiger partial charge in [-0.3, -0.25) is 14.3 Å². The van der Waals surface area contributed by atoms with Crippen LogP contribution in [0.4, 0.5) is 11.5 Å². The highest BCUT2D eigenvalue weighted by molar-refractivity contribution is 7.92. The number of amides is 2. The molecule has 1 unspecified atom stereocenters. The molecule has 2 amide bonds. The van der Waals surface area contributed by atoms with Crippen LogP contribution in [0.1, 0.15) is 65.8 Å². The molecule has 3 aliphatic rings. The number of carbonyl (C=O) groups excluding carboxylic acids is 2. The molecule has 2 fully saturated rings. The van der Waals surface area contributed by atoms with Crippen LogP contribution in [-0.4, -0.2) is 57.6 Å². The van der Waals surface area contributed by atoms with Gasteiger partial charge in [0.1, 0.15) is 5.56 Å². The van der Waals surface area contributed by atoms with Crippen molar-refractivity contribution in [2.75, 3.05) is 16.2 Å². The average Bonchev–Trinajstić information content (AvgIpc) is 3.78. The van der Waals surface area contributed by atoms with Crippen LogP contribution in [0.5, 0.6) is 0 Å². The van der Waals surface area contributed by atoms with Gasteiger partial charge in [0.25, 0.3) is 11.8 Å². The Morgan fingerprint density at radius 2 is 2.00 bits per heavy atom. The standard InChI is InChI=1S/C25H29N7O4S/c1-3-37(35,36)30-19-11-15(10-16-12-31(25(34)20(16)19)13(2)14-4-5-14)18-8-9-32-23(28-18)21(22(26)29-32)24(33)27-17-6-7-17/h8-11,13-14,17,30H,3-7,12H2,1-2H3,(H2,26,29)(H,27,33). The number of nitrogen functional groups attached to an aromatic ring is 1. The molecule has 4 N–H and O–H groups in total. The molecule has 6 rings (SSSR count). The molecule has 3 heterocycles. The first-order chi connectivity index (χ1) is 17.6. The van der Waals surface area contributed by atoms with Gasteiger partial charge in [-0.25, -0.2) is 17.9 Å². The minimum Gasteiger partial charge on any atom is -0.381 e. The van der Waals surface area contributed by atoms with Crippen LogP contribution in [0.3, 0.4) is 0 Å². The van der Waals surface area contributed by atoms with E-state index in [9.17, 15) is 18.0 Å². The molecular weight excluding hydrogens is 494 g/mol. The third-order valence-electron chi connectivity index (χ3n) is 7.42. The predicted octanol–water partition coefficient (Wildman–Crippen LogP) is 2.39. The second-order valence-electron chi connectivity index (χ2n) is 10.2. The van der Waals surface area contributed by atoms with Gasteiger partial charge < -0.3 is 16.0 Å². The van der Waals surface area contributed by atoms with Gasteiger partial charge in [0.15, 0.2) is 11.5 Å². The first kappa shape index (κ1) is 23.7. The molecule has 0 bridgehead atoms. The second kappa shape index (κ2) is 8.44. The number of fused-ring (bicyclic) bond motifs is 2. The fraction of sp³-hybridized carbons (Fsp3) is 0.440. The maximum absolute atomic E-state index is 13.4. The van der Waals surface area contributed by atoms with Gasteiger partial charge in [0.2, 0.25) is 10.0 Å².